The molecular weight excluding hydrogens is 362 g/mol. The third-order valence-electron chi connectivity index (χ3n) is 5.72. The highest BCUT2D eigenvalue weighted by Crippen LogP contribution is 2.51. The summed E-state index contributed by atoms with van der Waals surface area (Å²) in [7, 11) is 0. The molecule has 3 aromatic rings. The quantitative estimate of drug-likeness (QED) is 0.605. The van der Waals surface area contributed by atoms with Gasteiger partial charge in [0.15, 0.2) is 5.79 Å². The van der Waals surface area contributed by atoms with Crippen LogP contribution in [-0.2, 0) is 9.47 Å². The van der Waals surface area contributed by atoms with Crippen molar-refractivity contribution in [1.29, 1.82) is 0 Å². The molecular formula is C21H22ClN3O2. The maximum Gasteiger partial charge on any atom is 0.163 e. The molecule has 3 heterocycles. The fourth-order valence-corrected chi connectivity index (χ4v) is 4.85. The number of ether oxygens (including phenoxy) is 2. The Kier molecular flexibility index (Phi) is 3.83. The Labute approximate surface area is 163 Å². The van der Waals surface area contributed by atoms with Crippen LogP contribution in [0.1, 0.15) is 43.4 Å². The summed E-state index contributed by atoms with van der Waals surface area (Å²) >= 11 is 6.26. The predicted octanol–water partition coefficient (Wildman–Crippen LogP) is 4.64. The summed E-state index contributed by atoms with van der Waals surface area (Å²) in [5.74, 6) is -0.317. The van der Waals surface area contributed by atoms with E-state index in [9.17, 15) is 0 Å². The van der Waals surface area contributed by atoms with E-state index in [-0.39, 0.29) is 24.2 Å². The van der Waals surface area contributed by atoms with Crippen LogP contribution in [0.2, 0.25) is 5.15 Å². The average molecular weight is 384 g/mol. The van der Waals surface area contributed by atoms with Gasteiger partial charge in [-0.3, -0.25) is 0 Å². The van der Waals surface area contributed by atoms with Gasteiger partial charge in [-0.2, -0.15) is 0 Å². The van der Waals surface area contributed by atoms with Crippen LogP contribution in [0.15, 0.2) is 42.9 Å². The molecule has 0 radical (unpaired) electrons. The highest BCUT2D eigenvalue weighted by molar-refractivity contribution is 6.33. The van der Waals surface area contributed by atoms with E-state index >= 15 is 0 Å². The molecule has 1 aromatic carbocycles. The van der Waals surface area contributed by atoms with Gasteiger partial charge in [0, 0.05) is 12.1 Å². The summed E-state index contributed by atoms with van der Waals surface area (Å²) in [4.78, 5) is 8.57. The largest absolute Gasteiger partial charge is 0.344 e. The van der Waals surface area contributed by atoms with Gasteiger partial charge in [-0.1, -0.05) is 41.4 Å². The van der Waals surface area contributed by atoms with Crippen LogP contribution in [0.3, 0.4) is 0 Å². The molecule has 5 rings (SSSR count). The van der Waals surface area contributed by atoms with Gasteiger partial charge in [0.05, 0.1) is 17.5 Å². The molecule has 1 aliphatic heterocycles. The zero-order valence-electron chi connectivity index (χ0n) is 15.6. The fourth-order valence-electron chi connectivity index (χ4n) is 4.66. The summed E-state index contributed by atoms with van der Waals surface area (Å²) < 4.78 is 14.9. The third-order valence-corrected chi connectivity index (χ3v) is 6.02. The minimum atomic E-state index is -0.592. The Morgan fingerprint density at radius 2 is 1.96 bits per heavy atom. The van der Waals surface area contributed by atoms with Crippen LogP contribution in [-0.4, -0.2) is 32.5 Å². The summed E-state index contributed by atoms with van der Waals surface area (Å²) in [6.07, 6.45) is 4.47. The van der Waals surface area contributed by atoms with Gasteiger partial charge >= 0.3 is 0 Å². The van der Waals surface area contributed by atoms with Crippen molar-refractivity contribution in [1.82, 2.24) is 14.5 Å². The zero-order chi connectivity index (χ0) is 18.8. The lowest BCUT2D eigenvalue weighted by molar-refractivity contribution is -0.157. The average Bonchev–Trinajstić information content (AvgIpc) is 3.26. The molecule has 2 aliphatic rings. The van der Waals surface area contributed by atoms with Crippen LogP contribution < -0.4 is 0 Å². The van der Waals surface area contributed by atoms with Crippen molar-refractivity contribution in [3.63, 3.8) is 0 Å². The Hall–Kier alpha value is -1.95. The number of nitrogens with zero attached hydrogens (tertiary/aromatic N) is 3. The first-order chi connectivity index (χ1) is 12.9. The van der Waals surface area contributed by atoms with E-state index < -0.39 is 5.79 Å². The lowest BCUT2D eigenvalue weighted by Crippen LogP contribution is -2.27. The molecule has 27 heavy (non-hydrogen) atoms. The second-order valence-electron chi connectivity index (χ2n) is 8.01. The first-order valence-corrected chi connectivity index (χ1v) is 9.70. The lowest BCUT2D eigenvalue weighted by Gasteiger charge is -2.24. The number of rotatable bonds is 2. The third kappa shape index (κ3) is 2.76. The van der Waals surface area contributed by atoms with Crippen molar-refractivity contribution in [3.8, 4) is 0 Å². The van der Waals surface area contributed by atoms with E-state index in [4.69, 9.17) is 21.1 Å². The first kappa shape index (κ1) is 17.2. The molecule has 140 valence electrons. The minimum absolute atomic E-state index is 0.0153. The first-order valence-electron chi connectivity index (χ1n) is 9.32. The molecule has 0 amide bonds. The fraction of sp³-hybridized carbons (Fsp3) is 0.429. The molecule has 0 bridgehead atoms. The summed E-state index contributed by atoms with van der Waals surface area (Å²) in [5, 5.41) is 1.35. The van der Waals surface area contributed by atoms with E-state index in [2.05, 4.69) is 45.7 Å². The topological polar surface area (TPSA) is 49.2 Å². The Morgan fingerprint density at radius 1 is 1.15 bits per heavy atom. The van der Waals surface area contributed by atoms with Gasteiger partial charge in [-0.05, 0) is 38.8 Å². The maximum atomic E-state index is 6.35. The van der Waals surface area contributed by atoms with Gasteiger partial charge in [-0.15, -0.1) is 0 Å². The number of hydrogen-bond donors (Lipinski definition) is 0. The minimum Gasteiger partial charge on any atom is -0.344 e. The van der Waals surface area contributed by atoms with Crippen LogP contribution >= 0.6 is 11.6 Å². The number of aryl methyl sites for hydroxylation is 1. The molecule has 1 saturated carbocycles. The van der Waals surface area contributed by atoms with Crippen molar-refractivity contribution in [2.75, 3.05) is 0 Å². The number of halogens is 1. The van der Waals surface area contributed by atoms with Crippen molar-refractivity contribution in [3.05, 3.63) is 59.1 Å². The number of benzene rings is 1. The van der Waals surface area contributed by atoms with Gasteiger partial charge in [0.2, 0.25) is 0 Å². The van der Waals surface area contributed by atoms with E-state index in [0.29, 0.717) is 5.15 Å². The van der Waals surface area contributed by atoms with Gasteiger partial charge in [0.1, 0.15) is 23.2 Å². The molecule has 6 heteroatoms. The monoisotopic (exact) mass is 383 g/mol. The second kappa shape index (κ2) is 6.03. The van der Waals surface area contributed by atoms with E-state index in [1.165, 1.54) is 17.5 Å². The van der Waals surface area contributed by atoms with Crippen molar-refractivity contribution in [2.24, 2.45) is 0 Å². The molecule has 0 unspecified atom stereocenters. The van der Waals surface area contributed by atoms with Crippen LogP contribution in [0, 0.1) is 6.92 Å². The molecule has 4 atom stereocenters. The summed E-state index contributed by atoms with van der Waals surface area (Å²) in [6.45, 7) is 6.10. The van der Waals surface area contributed by atoms with Crippen molar-refractivity contribution < 1.29 is 9.47 Å². The second-order valence-corrected chi connectivity index (χ2v) is 8.37. The van der Waals surface area contributed by atoms with Crippen molar-refractivity contribution in [2.45, 2.75) is 57.1 Å². The van der Waals surface area contributed by atoms with Crippen LogP contribution in [0.5, 0.6) is 0 Å². The lowest BCUT2D eigenvalue weighted by atomic mass is 9.94. The van der Waals surface area contributed by atoms with Gasteiger partial charge in [0.25, 0.3) is 0 Å². The highest BCUT2D eigenvalue weighted by Gasteiger charge is 2.55. The summed E-state index contributed by atoms with van der Waals surface area (Å²) in [6, 6.07) is 10.8. The Balaban J connectivity index is 1.59. The molecule has 5 nitrogen and oxygen atoms in total. The molecule has 0 spiro atoms. The molecule has 1 saturated heterocycles. The number of fused-ring (bicyclic) bond motifs is 2. The SMILES string of the molecule is Cc1cccc([C@H]2C[C@@H](n3ccc4c(Cl)ncnc43)[C@@H]3OC(C)(C)O[C@@H]32)c1. The van der Waals surface area contributed by atoms with E-state index in [1.54, 1.807) is 0 Å². The van der Waals surface area contributed by atoms with E-state index in [1.807, 2.05) is 26.1 Å². The van der Waals surface area contributed by atoms with Gasteiger partial charge in [-0.25, -0.2) is 9.97 Å². The summed E-state index contributed by atoms with van der Waals surface area (Å²) in [5.41, 5.74) is 3.41. The number of hydrogen-bond acceptors (Lipinski definition) is 4. The van der Waals surface area contributed by atoms with Crippen molar-refractivity contribution >= 4 is 22.6 Å². The van der Waals surface area contributed by atoms with Crippen LogP contribution in [0.25, 0.3) is 11.0 Å². The predicted molar refractivity (Wildman–Crippen MR) is 104 cm³/mol. The smallest absolute Gasteiger partial charge is 0.163 e. The number of aromatic nitrogens is 3. The standard InChI is InChI=1S/C21H22ClN3O2/c1-12-5-4-6-13(9-12)15-10-16(18-17(15)26-21(2,3)27-18)25-8-7-14-19(22)23-11-24-20(14)25/h4-9,11,15-18H,10H2,1-3H3/t15-,16-,17-,18+/m1/s1. The van der Waals surface area contributed by atoms with Crippen LogP contribution in [0.4, 0.5) is 0 Å². The zero-order valence-corrected chi connectivity index (χ0v) is 16.3. The molecule has 0 N–H and O–H groups in total. The molecule has 2 fully saturated rings. The Bertz CT molecular complexity index is 1020. The molecule has 2 aromatic heterocycles. The highest BCUT2D eigenvalue weighted by atomic mass is 35.5. The Morgan fingerprint density at radius 3 is 2.78 bits per heavy atom. The maximum absolute atomic E-state index is 6.35. The van der Waals surface area contributed by atoms with Gasteiger partial charge < -0.3 is 14.0 Å². The normalized spacial score (nSPS) is 29.3. The molecule has 1 aliphatic carbocycles. The van der Waals surface area contributed by atoms with E-state index in [0.717, 1.165) is 17.5 Å².